The molecule has 1 rings (SSSR count). The molecule has 0 spiro atoms. The average Bonchev–Trinajstić information content (AvgIpc) is 2.39. The van der Waals surface area contributed by atoms with Gasteiger partial charge in [0, 0.05) is 12.1 Å². The van der Waals surface area contributed by atoms with Crippen LogP contribution in [0.1, 0.15) is 28.8 Å². The predicted octanol–water partition coefficient (Wildman–Crippen LogP) is 1.26. The van der Waals surface area contributed by atoms with Crippen molar-refractivity contribution in [3.8, 4) is 0 Å². The molecule has 106 valence electrons. The maximum absolute atomic E-state index is 12.1. The second kappa shape index (κ2) is 8.67. The van der Waals surface area contributed by atoms with Crippen molar-refractivity contribution in [2.75, 3.05) is 33.7 Å². The van der Waals surface area contributed by atoms with Crippen LogP contribution < -0.4 is 11.1 Å². The molecule has 3 N–H and O–H groups in total. The molecule has 1 aromatic rings. The number of carbonyl (C=O) groups excluding carboxylic acids is 1. The lowest BCUT2D eigenvalue weighted by Crippen LogP contribution is -2.26. The highest BCUT2D eigenvalue weighted by molar-refractivity contribution is 5.95. The maximum Gasteiger partial charge on any atom is 0.251 e. The first kappa shape index (κ1) is 15.7. The Morgan fingerprint density at radius 3 is 2.68 bits per heavy atom. The van der Waals surface area contributed by atoms with E-state index in [0.29, 0.717) is 6.54 Å². The van der Waals surface area contributed by atoms with E-state index in [1.807, 2.05) is 24.3 Å². The second-order valence-electron chi connectivity index (χ2n) is 4.96. The van der Waals surface area contributed by atoms with Crippen LogP contribution >= 0.6 is 0 Å². The zero-order chi connectivity index (χ0) is 14.1. The molecule has 0 aliphatic rings. The Bertz CT molecular complexity index is 391. The molecule has 19 heavy (non-hydrogen) atoms. The van der Waals surface area contributed by atoms with Crippen molar-refractivity contribution < 1.29 is 4.79 Å². The van der Waals surface area contributed by atoms with E-state index in [9.17, 15) is 4.79 Å². The summed E-state index contributed by atoms with van der Waals surface area (Å²) >= 11 is 0. The van der Waals surface area contributed by atoms with Gasteiger partial charge in [0.1, 0.15) is 0 Å². The Balaban J connectivity index is 2.41. The summed E-state index contributed by atoms with van der Waals surface area (Å²) in [5.74, 6) is 0.00824. The number of benzene rings is 1. The highest BCUT2D eigenvalue weighted by Crippen LogP contribution is 2.09. The van der Waals surface area contributed by atoms with E-state index in [2.05, 4.69) is 24.3 Å². The van der Waals surface area contributed by atoms with Gasteiger partial charge >= 0.3 is 0 Å². The molecule has 4 nitrogen and oxygen atoms in total. The van der Waals surface area contributed by atoms with Gasteiger partial charge in [-0.15, -0.1) is 0 Å². The fraction of sp³-hybridized carbons (Fsp3) is 0.533. The zero-order valence-corrected chi connectivity index (χ0v) is 12.0. The Labute approximate surface area is 116 Å². The van der Waals surface area contributed by atoms with E-state index in [0.717, 1.165) is 43.5 Å². The monoisotopic (exact) mass is 263 g/mol. The van der Waals surface area contributed by atoms with Crippen LogP contribution in [-0.4, -0.2) is 44.5 Å². The number of hydrogen-bond donors (Lipinski definition) is 2. The third kappa shape index (κ3) is 5.85. The molecular formula is C15H25N3O. The van der Waals surface area contributed by atoms with Crippen molar-refractivity contribution in [3.63, 3.8) is 0 Å². The molecule has 0 atom stereocenters. The Morgan fingerprint density at radius 1 is 1.26 bits per heavy atom. The van der Waals surface area contributed by atoms with Crippen molar-refractivity contribution in [2.45, 2.75) is 19.3 Å². The van der Waals surface area contributed by atoms with Gasteiger partial charge in [-0.3, -0.25) is 4.79 Å². The number of carbonyl (C=O) groups is 1. The Morgan fingerprint density at radius 2 is 2.00 bits per heavy atom. The van der Waals surface area contributed by atoms with Crippen LogP contribution in [-0.2, 0) is 6.42 Å². The number of unbranched alkanes of at least 4 members (excludes halogenated alkanes) is 1. The first-order chi connectivity index (χ1) is 9.15. The van der Waals surface area contributed by atoms with Crippen molar-refractivity contribution in [2.24, 2.45) is 5.73 Å². The molecule has 0 fully saturated rings. The fourth-order valence-electron chi connectivity index (χ4n) is 1.97. The minimum absolute atomic E-state index is 0.00824. The van der Waals surface area contributed by atoms with Crippen LogP contribution in [0.25, 0.3) is 0 Å². The van der Waals surface area contributed by atoms with Gasteiger partial charge in [-0.25, -0.2) is 0 Å². The molecular weight excluding hydrogens is 238 g/mol. The minimum atomic E-state index is 0.00824. The largest absolute Gasteiger partial charge is 0.352 e. The molecule has 1 aromatic carbocycles. The topological polar surface area (TPSA) is 58.4 Å². The van der Waals surface area contributed by atoms with Gasteiger partial charge < -0.3 is 16.0 Å². The van der Waals surface area contributed by atoms with Crippen LogP contribution in [0.2, 0.25) is 0 Å². The van der Waals surface area contributed by atoms with Crippen LogP contribution in [0.4, 0.5) is 0 Å². The van der Waals surface area contributed by atoms with E-state index in [-0.39, 0.29) is 5.91 Å². The number of nitrogens with two attached hydrogens (primary N) is 1. The van der Waals surface area contributed by atoms with Gasteiger partial charge in [-0.05, 0) is 58.1 Å². The minimum Gasteiger partial charge on any atom is -0.352 e. The predicted molar refractivity (Wildman–Crippen MR) is 79.3 cm³/mol. The molecule has 0 aromatic heterocycles. The summed E-state index contributed by atoms with van der Waals surface area (Å²) in [6.07, 6.45) is 2.84. The summed E-state index contributed by atoms with van der Waals surface area (Å²) in [6.45, 7) is 2.34. The van der Waals surface area contributed by atoms with Crippen molar-refractivity contribution >= 4 is 5.91 Å². The molecule has 0 aliphatic carbocycles. The van der Waals surface area contributed by atoms with E-state index in [4.69, 9.17) is 5.73 Å². The third-order valence-corrected chi connectivity index (χ3v) is 2.99. The molecule has 0 bridgehead atoms. The van der Waals surface area contributed by atoms with Gasteiger partial charge in [0.25, 0.3) is 5.91 Å². The molecule has 0 saturated heterocycles. The molecule has 1 amide bonds. The summed E-state index contributed by atoms with van der Waals surface area (Å²) in [5, 5.41) is 2.97. The van der Waals surface area contributed by atoms with Gasteiger partial charge in [-0.1, -0.05) is 18.2 Å². The third-order valence-electron chi connectivity index (χ3n) is 2.99. The highest BCUT2D eigenvalue weighted by atomic mass is 16.1. The standard InChI is InChI=1S/C15H25N3O/c1-18(2)12-6-5-11-17-15(19)14-8-4-3-7-13(14)9-10-16/h3-4,7-8H,5-6,9-12,16H2,1-2H3,(H,17,19). The summed E-state index contributed by atoms with van der Waals surface area (Å²) < 4.78 is 0. The zero-order valence-electron chi connectivity index (χ0n) is 12.0. The lowest BCUT2D eigenvalue weighted by atomic mass is 10.0. The van der Waals surface area contributed by atoms with Crippen molar-refractivity contribution in [1.29, 1.82) is 0 Å². The van der Waals surface area contributed by atoms with E-state index in [1.165, 1.54) is 0 Å². The first-order valence-electron chi connectivity index (χ1n) is 6.86. The van der Waals surface area contributed by atoms with Gasteiger partial charge in [0.05, 0.1) is 0 Å². The lowest BCUT2D eigenvalue weighted by Gasteiger charge is -2.11. The second-order valence-corrected chi connectivity index (χ2v) is 4.96. The number of rotatable bonds is 8. The molecule has 0 radical (unpaired) electrons. The molecule has 0 heterocycles. The quantitative estimate of drug-likeness (QED) is 0.694. The summed E-state index contributed by atoms with van der Waals surface area (Å²) in [5.41, 5.74) is 7.34. The number of nitrogens with one attached hydrogen (secondary N) is 1. The van der Waals surface area contributed by atoms with E-state index < -0.39 is 0 Å². The Kier molecular flexibility index (Phi) is 7.15. The fourth-order valence-corrected chi connectivity index (χ4v) is 1.97. The first-order valence-corrected chi connectivity index (χ1v) is 6.86. The summed E-state index contributed by atoms with van der Waals surface area (Å²) in [4.78, 5) is 14.2. The molecule has 0 aliphatic heterocycles. The number of hydrogen-bond acceptors (Lipinski definition) is 3. The van der Waals surface area contributed by atoms with Crippen molar-refractivity contribution in [3.05, 3.63) is 35.4 Å². The van der Waals surface area contributed by atoms with Crippen LogP contribution in [0.5, 0.6) is 0 Å². The summed E-state index contributed by atoms with van der Waals surface area (Å²) in [6, 6.07) is 7.66. The molecule has 0 saturated carbocycles. The summed E-state index contributed by atoms with van der Waals surface area (Å²) in [7, 11) is 4.11. The van der Waals surface area contributed by atoms with E-state index >= 15 is 0 Å². The smallest absolute Gasteiger partial charge is 0.251 e. The number of nitrogens with zero attached hydrogens (tertiary/aromatic N) is 1. The SMILES string of the molecule is CN(C)CCCCNC(=O)c1ccccc1CCN. The van der Waals surface area contributed by atoms with Gasteiger partial charge in [-0.2, -0.15) is 0 Å². The Hall–Kier alpha value is -1.39. The van der Waals surface area contributed by atoms with Gasteiger partial charge in [0.15, 0.2) is 0 Å². The number of amides is 1. The van der Waals surface area contributed by atoms with Crippen molar-refractivity contribution in [1.82, 2.24) is 10.2 Å². The highest BCUT2D eigenvalue weighted by Gasteiger charge is 2.09. The van der Waals surface area contributed by atoms with Gasteiger partial charge in [0.2, 0.25) is 0 Å². The van der Waals surface area contributed by atoms with Crippen LogP contribution in [0, 0.1) is 0 Å². The normalized spacial score (nSPS) is 10.7. The van der Waals surface area contributed by atoms with Crippen LogP contribution in [0.3, 0.4) is 0 Å². The average molecular weight is 263 g/mol. The van der Waals surface area contributed by atoms with E-state index in [1.54, 1.807) is 0 Å². The maximum atomic E-state index is 12.1. The molecule has 4 heteroatoms. The van der Waals surface area contributed by atoms with Crippen LogP contribution in [0.15, 0.2) is 24.3 Å². The molecule has 0 unspecified atom stereocenters. The lowest BCUT2D eigenvalue weighted by molar-refractivity contribution is 0.0952.